The molecular formula is C13H16N4O. The van der Waals surface area contributed by atoms with Crippen molar-refractivity contribution in [3.05, 3.63) is 30.1 Å². The van der Waals surface area contributed by atoms with Crippen LogP contribution in [0.25, 0.3) is 11.4 Å². The number of ether oxygens (including phenoxy) is 1. The summed E-state index contributed by atoms with van der Waals surface area (Å²) in [6, 6.07) is 8.01. The Kier molecular flexibility index (Phi) is 2.98. The van der Waals surface area contributed by atoms with Gasteiger partial charge in [-0.3, -0.25) is 0 Å². The van der Waals surface area contributed by atoms with Crippen LogP contribution in [-0.4, -0.2) is 27.9 Å². The highest BCUT2D eigenvalue weighted by atomic mass is 16.5. The molecular weight excluding hydrogens is 228 g/mol. The van der Waals surface area contributed by atoms with Crippen LogP contribution in [0.3, 0.4) is 0 Å². The van der Waals surface area contributed by atoms with E-state index < -0.39 is 0 Å². The van der Waals surface area contributed by atoms with Crippen LogP contribution < -0.4 is 10.1 Å². The zero-order chi connectivity index (χ0) is 12.4. The molecule has 5 heteroatoms. The van der Waals surface area contributed by atoms with Crippen molar-refractivity contribution in [1.29, 1.82) is 0 Å². The number of fused-ring (bicyclic) bond motifs is 1. The maximum atomic E-state index is 5.44. The van der Waals surface area contributed by atoms with E-state index in [2.05, 4.69) is 20.1 Å². The second kappa shape index (κ2) is 4.78. The molecule has 2 heterocycles. The van der Waals surface area contributed by atoms with E-state index in [4.69, 9.17) is 4.74 Å². The second-order valence-corrected chi connectivity index (χ2v) is 4.23. The summed E-state index contributed by atoms with van der Waals surface area (Å²) in [6.45, 7) is 5.35. The smallest absolute Gasteiger partial charge is 0.164 e. The topological polar surface area (TPSA) is 52.0 Å². The lowest BCUT2D eigenvalue weighted by Gasteiger charge is -2.16. The largest absolute Gasteiger partial charge is 0.494 e. The minimum atomic E-state index is 0.686. The quantitative estimate of drug-likeness (QED) is 0.887. The zero-order valence-electron chi connectivity index (χ0n) is 10.4. The molecule has 5 nitrogen and oxygen atoms in total. The maximum Gasteiger partial charge on any atom is 0.164 e. The third-order valence-corrected chi connectivity index (χ3v) is 3.05. The summed E-state index contributed by atoms with van der Waals surface area (Å²) in [5, 5.41) is 11.8. The molecule has 0 unspecified atom stereocenters. The molecule has 0 atom stereocenters. The van der Waals surface area contributed by atoms with E-state index in [1.54, 1.807) is 0 Å². The van der Waals surface area contributed by atoms with Crippen LogP contribution in [0.1, 0.15) is 12.7 Å². The Balaban J connectivity index is 1.92. The Morgan fingerprint density at radius 2 is 2.11 bits per heavy atom. The van der Waals surface area contributed by atoms with Gasteiger partial charge in [0.15, 0.2) is 5.82 Å². The molecule has 0 saturated heterocycles. The molecule has 0 radical (unpaired) electrons. The van der Waals surface area contributed by atoms with Crippen LogP contribution in [0.2, 0.25) is 0 Å². The molecule has 1 aliphatic rings. The summed E-state index contributed by atoms with van der Waals surface area (Å²) in [5.41, 5.74) is 1.08. The van der Waals surface area contributed by atoms with E-state index in [0.717, 1.165) is 42.6 Å². The summed E-state index contributed by atoms with van der Waals surface area (Å²) in [6.07, 6.45) is 0. The number of aromatic nitrogens is 3. The summed E-state index contributed by atoms with van der Waals surface area (Å²) >= 11 is 0. The number of nitrogens with zero attached hydrogens (tertiary/aromatic N) is 3. The number of benzene rings is 1. The van der Waals surface area contributed by atoms with Gasteiger partial charge in [-0.05, 0) is 31.2 Å². The molecule has 1 N–H and O–H groups in total. The monoisotopic (exact) mass is 244 g/mol. The van der Waals surface area contributed by atoms with Crippen molar-refractivity contribution in [3.8, 4) is 17.1 Å². The Morgan fingerprint density at radius 3 is 2.89 bits per heavy atom. The summed E-state index contributed by atoms with van der Waals surface area (Å²) in [7, 11) is 0. The molecule has 0 fully saturated rings. The van der Waals surface area contributed by atoms with Crippen molar-refractivity contribution in [1.82, 2.24) is 20.1 Å². The molecule has 18 heavy (non-hydrogen) atoms. The van der Waals surface area contributed by atoms with Gasteiger partial charge in [0.2, 0.25) is 0 Å². The van der Waals surface area contributed by atoms with E-state index in [0.29, 0.717) is 6.61 Å². The molecule has 3 rings (SSSR count). The Hall–Kier alpha value is -1.88. The normalized spacial score (nSPS) is 14.3. The Labute approximate surface area is 106 Å². The van der Waals surface area contributed by atoms with Gasteiger partial charge in [0, 0.05) is 18.7 Å². The highest BCUT2D eigenvalue weighted by molar-refractivity contribution is 5.56. The van der Waals surface area contributed by atoms with Crippen molar-refractivity contribution in [2.45, 2.75) is 20.0 Å². The second-order valence-electron chi connectivity index (χ2n) is 4.23. The van der Waals surface area contributed by atoms with E-state index in [-0.39, 0.29) is 0 Å². The minimum Gasteiger partial charge on any atom is -0.494 e. The summed E-state index contributed by atoms with van der Waals surface area (Å²) in [5.74, 6) is 2.83. The number of hydrogen-bond acceptors (Lipinski definition) is 4. The predicted octanol–water partition coefficient (Wildman–Crippen LogP) is 1.45. The van der Waals surface area contributed by atoms with Gasteiger partial charge < -0.3 is 14.6 Å². The van der Waals surface area contributed by atoms with Gasteiger partial charge in [-0.15, -0.1) is 10.2 Å². The van der Waals surface area contributed by atoms with Gasteiger partial charge >= 0.3 is 0 Å². The first kappa shape index (κ1) is 11.2. The highest BCUT2D eigenvalue weighted by Crippen LogP contribution is 2.22. The summed E-state index contributed by atoms with van der Waals surface area (Å²) < 4.78 is 7.61. The van der Waals surface area contributed by atoms with E-state index in [1.165, 1.54) is 0 Å². The molecule has 2 aromatic rings. The molecule has 0 bridgehead atoms. The molecule has 0 spiro atoms. The third-order valence-electron chi connectivity index (χ3n) is 3.05. The van der Waals surface area contributed by atoms with Crippen molar-refractivity contribution in [3.63, 3.8) is 0 Å². The van der Waals surface area contributed by atoms with Crippen LogP contribution in [0.4, 0.5) is 0 Å². The van der Waals surface area contributed by atoms with Crippen LogP contribution >= 0.6 is 0 Å². The van der Waals surface area contributed by atoms with E-state index in [9.17, 15) is 0 Å². The van der Waals surface area contributed by atoms with Crippen molar-refractivity contribution in [2.24, 2.45) is 0 Å². The van der Waals surface area contributed by atoms with E-state index in [1.807, 2.05) is 31.2 Å². The van der Waals surface area contributed by atoms with Crippen molar-refractivity contribution < 1.29 is 4.74 Å². The lowest BCUT2D eigenvalue weighted by molar-refractivity contribution is 0.340. The van der Waals surface area contributed by atoms with Gasteiger partial charge in [0.25, 0.3) is 0 Å². The van der Waals surface area contributed by atoms with Crippen molar-refractivity contribution >= 4 is 0 Å². The molecule has 1 aromatic heterocycles. The number of rotatable bonds is 3. The molecule has 0 aliphatic carbocycles. The van der Waals surface area contributed by atoms with Gasteiger partial charge in [-0.2, -0.15) is 0 Å². The molecule has 94 valence electrons. The predicted molar refractivity (Wildman–Crippen MR) is 68.3 cm³/mol. The van der Waals surface area contributed by atoms with E-state index >= 15 is 0 Å². The van der Waals surface area contributed by atoms with Crippen LogP contribution in [-0.2, 0) is 13.1 Å². The maximum absolute atomic E-state index is 5.44. The fourth-order valence-electron chi connectivity index (χ4n) is 2.17. The first-order valence-corrected chi connectivity index (χ1v) is 6.24. The first-order chi connectivity index (χ1) is 8.88. The zero-order valence-corrected chi connectivity index (χ0v) is 10.4. The SMILES string of the molecule is CCOc1ccc(-c2nnc3n2CCNC3)cc1. The van der Waals surface area contributed by atoms with Crippen LogP contribution in [0.15, 0.2) is 24.3 Å². The van der Waals surface area contributed by atoms with Crippen LogP contribution in [0.5, 0.6) is 5.75 Å². The average Bonchev–Trinajstić information content (AvgIpc) is 2.84. The molecule has 0 saturated carbocycles. The first-order valence-electron chi connectivity index (χ1n) is 6.24. The number of nitrogens with one attached hydrogen (secondary N) is 1. The molecule has 1 aliphatic heterocycles. The summed E-state index contributed by atoms with van der Waals surface area (Å²) in [4.78, 5) is 0. The molecule has 0 amide bonds. The van der Waals surface area contributed by atoms with Gasteiger partial charge in [-0.1, -0.05) is 0 Å². The number of hydrogen-bond donors (Lipinski definition) is 1. The van der Waals surface area contributed by atoms with Gasteiger partial charge in [-0.25, -0.2) is 0 Å². The lowest BCUT2D eigenvalue weighted by Crippen LogP contribution is -2.28. The Bertz CT molecular complexity index is 532. The molecule has 1 aromatic carbocycles. The lowest BCUT2D eigenvalue weighted by atomic mass is 10.2. The van der Waals surface area contributed by atoms with Gasteiger partial charge in [0.1, 0.15) is 11.6 Å². The highest BCUT2D eigenvalue weighted by Gasteiger charge is 2.16. The van der Waals surface area contributed by atoms with Gasteiger partial charge in [0.05, 0.1) is 13.2 Å². The minimum absolute atomic E-state index is 0.686. The fourth-order valence-corrected chi connectivity index (χ4v) is 2.17. The Morgan fingerprint density at radius 1 is 1.28 bits per heavy atom. The average molecular weight is 244 g/mol. The van der Waals surface area contributed by atoms with Crippen molar-refractivity contribution in [2.75, 3.05) is 13.2 Å². The standard InChI is InChI=1S/C13H16N4O/c1-2-18-11-5-3-10(4-6-11)13-16-15-12-9-14-7-8-17(12)13/h3-6,14H,2,7-9H2,1H3. The third kappa shape index (κ3) is 1.97. The fraction of sp³-hybridized carbons (Fsp3) is 0.385. The van der Waals surface area contributed by atoms with Crippen LogP contribution in [0, 0.1) is 0 Å².